The first kappa shape index (κ1) is 24.8. The number of thiophene rings is 1. The van der Waals surface area contributed by atoms with Crippen molar-refractivity contribution in [3.05, 3.63) is 82.6 Å². The normalized spacial score (nSPS) is 17.4. The van der Waals surface area contributed by atoms with Gasteiger partial charge in [-0.05, 0) is 35.1 Å². The van der Waals surface area contributed by atoms with Crippen LogP contribution in [0.2, 0.25) is 0 Å². The average Bonchev–Trinajstić information content (AvgIpc) is 3.57. The fraction of sp³-hybridized carbons (Fsp3) is 0.250. The van der Waals surface area contributed by atoms with Crippen molar-refractivity contribution in [1.29, 1.82) is 0 Å². The zero-order valence-corrected chi connectivity index (χ0v) is 20.9. The number of hydrogen-bond donors (Lipinski definition) is 1. The molecule has 2 aromatic heterocycles. The highest BCUT2D eigenvalue weighted by Gasteiger charge is 2.39. The molecule has 0 spiro atoms. The number of ketones is 1. The fourth-order valence-electron chi connectivity index (χ4n) is 5.03. The molecule has 37 heavy (non-hydrogen) atoms. The van der Waals surface area contributed by atoms with Gasteiger partial charge in [-0.3, -0.25) is 14.4 Å². The molecule has 2 amide bonds. The summed E-state index contributed by atoms with van der Waals surface area (Å²) in [6, 6.07) is 13.1. The number of Topliss-reactive ketones (excluding diaryl/α,β-unsaturated/α-hetero) is 1. The lowest BCUT2D eigenvalue weighted by molar-refractivity contribution is -0.137. The highest BCUT2D eigenvalue weighted by Crippen LogP contribution is 2.30. The first-order valence-corrected chi connectivity index (χ1v) is 12.8. The number of fused-ring (bicyclic) bond motifs is 1. The van der Waals surface area contributed by atoms with E-state index in [-0.39, 0.29) is 31.5 Å². The molecule has 6 nitrogen and oxygen atoms in total. The Balaban J connectivity index is 1.37. The van der Waals surface area contributed by atoms with Gasteiger partial charge in [-0.25, -0.2) is 8.78 Å². The van der Waals surface area contributed by atoms with Crippen LogP contribution >= 0.6 is 11.3 Å². The molecule has 0 bridgehead atoms. The molecular weight excluding hydrogens is 496 g/mol. The van der Waals surface area contributed by atoms with Gasteiger partial charge in [-0.2, -0.15) is 0 Å². The van der Waals surface area contributed by atoms with Crippen LogP contribution in [0.4, 0.5) is 8.78 Å². The van der Waals surface area contributed by atoms with Gasteiger partial charge in [0.05, 0.1) is 28.4 Å². The molecule has 0 radical (unpaired) electrons. The molecule has 5 rings (SSSR count). The molecule has 190 valence electrons. The van der Waals surface area contributed by atoms with Crippen molar-refractivity contribution in [3.63, 3.8) is 0 Å². The maximum Gasteiger partial charge on any atom is 0.251 e. The molecule has 2 aromatic carbocycles. The predicted octanol–water partition coefficient (Wildman–Crippen LogP) is 4.67. The number of hydrogen-bond acceptors (Lipinski definition) is 4. The molecule has 1 fully saturated rings. The number of carbonyl (C=O) groups excluding carboxylic acids is 3. The van der Waals surface area contributed by atoms with Crippen LogP contribution in [0, 0.1) is 12.7 Å². The number of nitrogens with zero attached hydrogens (tertiary/aromatic N) is 2. The molecule has 2 N–H and O–H groups in total. The van der Waals surface area contributed by atoms with Crippen molar-refractivity contribution in [3.8, 4) is 11.1 Å². The van der Waals surface area contributed by atoms with Gasteiger partial charge in [-0.15, -0.1) is 11.3 Å². The summed E-state index contributed by atoms with van der Waals surface area (Å²) >= 11 is 1.33. The number of nitrogens with two attached hydrogens (primary N) is 1. The highest BCUT2D eigenvalue weighted by molar-refractivity contribution is 7.17. The standard InChI is InChI=1S/C28H25F2N3O3S/c1-16-5-2-3-7-19(16)20-8-4-6-17(26(20)30)11-24(34)23-12-18(29)13-33(23)25(35)15-32-14-21(28(31)36)27-22(32)9-10-37-27/h2-10,14,18,23H,11-13,15H2,1H3,(H2,31,36)/t18-,23+/m1/s1. The van der Waals surface area contributed by atoms with Gasteiger partial charge in [-0.1, -0.05) is 42.5 Å². The molecule has 0 unspecified atom stereocenters. The van der Waals surface area contributed by atoms with E-state index in [9.17, 15) is 18.8 Å². The van der Waals surface area contributed by atoms with E-state index in [2.05, 4.69) is 0 Å². The van der Waals surface area contributed by atoms with E-state index in [1.54, 1.807) is 34.2 Å². The first-order chi connectivity index (χ1) is 17.7. The number of rotatable bonds is 7. The Labute approximate surface area is 216 Å². The molecule has 1 aliphatic rings. The van der Waals surface area contributed by atoms with E-state index < -0.39 is 35.6 Å². The van der Waals surface area contributed by atoms with Gasteiger partial charge >= 0.3 is 0 Å². The average molecular weight is 522 g/mol. The topological polar surface area (TPSA) is 85.4 Å². The lowest BCUT2D eigenvalue weighted by atomic mass is 9.95. The Morgan fingerprint density at radius 1 is 1.08 bits per heavy atom. The second kappa shape index (κ2) is 9.89. The van der Waals surface area contributed by atoms with Crippen molar-refractivity contribution in [1.82, 2.24) is 9.47 Å². The lowest BCUT2D eigenvalue weighted by Crippen LogP contribution is -2.42. The molecule has 2 atom stereocenters. The lowest BCUT2D eigenvalue weighted by Gasteiger charge is -2.24. The molecular formula is C28H25F2N3O3S. The number of aromatic nitrogens is 1. The third-order valence-corrected chi connectivity index (χ3v) is 7.81. The monoisotopic (exact) mass is 521 g/mol. The number of amides is 2. The third-order valence-electron chi connectivity index (χ3n) is 6.88. The van der Waals surface area contributed by atoms with Gasteiger partial charge in [0.15, 0.2) is 5.78 Å². The molecule has 3 heterocycles. The van der Waals surface area contributed by atoms with Crippen molar-refractivity contribution >= 4 is 39.2 Å². The van der Waals surface area contributed by atoms with Crippen LogP contribution in [-0.2, 0) is 22.6 Å². The third kappa shape index (κ3) is 4.67. The first-order valence-electron chi connectivity index (χ1n) is 11.9. The Hall–Kier alpha value is -3.85. The Kier molecular flexibility index (Phi) is 6.64. The van der Waals surface area contributed by atoms with Gasteiger partial charge in [0.1, 0.15) is 18.5 Å². The molecule has 1 saturated heterocycles. The number of benzene rings is 2. The smallest absolute Gasteiger partial charge is 0.251 e. The van der Waals surface area contributed by atoms with Crippen LogP contribution in [0.25, 0.3) is 21.3 Å². The van der Waals surface area contributed by atoms with E-state index in [1.165, 1.54) is 22.4 Å². The second-order valence-corrected chi connectivity index (χ2v) is 10.2. The number of carbonyl (C=O) groups is 3. The summed E-state index contributed by atoms with van der Waals surface area (Å²) in [6.45, 7) is 1.50. The molecule has 9 heteroatoms. The number of halogens is 2. The Morgan fingerprint density at radius 3 is 2.59 bits per heavy atom. The van der Waals surface area contributed by atoms with Gasteiger partial charge in [0.25, 0.3) is 5.91 Å². The van der Waals surface area contributed by atoms with Gasteiger partial charge in [0, 0.05) is 24.6 Å². The summed E-state index contributed by atoms with van der Waals surface area (Å²) < 4.78 is 32.2. The Bertz CT molecular complexity index is 1530. The second-order valence-electron chi connectivity index (χ2n) is 9.30. The summed E-state index contributed by atoms with van der Waals surface area (Å²) in [5.74, 6) is -1.97. The summed E-state index contributed by atoms with van der Waals surface area (Å²) in [7, 11) is 0. The molecule has 0 aliphatic carbocycles. The summed E-state index contributed by atoms with van der Waals surface area (Å²) in [6.07, 6.45) is -0.228. The van der Waals surface area contributed by atoms with Crippen LogP contribution in [0.3, 0.4) is 0 Å². The van der Waals surface area contributed by atoms with E-state index in [1.807, 2.05) is 31.2 Å². The summed E-state index contributed by atoms with van der Waals surface area (Å²) in [4.78, 5) is 39.5. The summed E-state index contributed by atoms with van der Waals surface area (Å²) in [5, 5.41) is 1.79. The Morgan fingerprint density at radius 2 is 1.84 bits per heavy atom. The fourth-order valence-corrected chi connectivity index (χ4v) is 5.95. The number of aryl methyl sites for hydroxylation is 1. The number of alkyl halides is 1. The molecule has 0 saturated carbocycles. The van der Waals surface area contributed by atoms with Crippen LogP contribution in [-0.4, -0.2) is 45.8 Å². The zero-order chi connectivity index (χ0) is 26.3. The van der Waals surface area contributed by atoms with Crippen molar-refractivity contribution in [2.45, 2.75) is 38.5 Å². The van der Waals surface area contributed by atoms with Crippen molar-refractivity contribution in [2.75, 3.05) is 6.54 Å². The van der Waals surface area contributed by atoms with Crippen LogP contribution in [0.1, 0.15) is 27.9 Å². The highest BCUT2D eigenvalue weighted by atomic mass is 32.1. The molecule has 4 aromatic rings. The van der Waals surface area contributed by atoms with Crippen LogP contribution in [0.5, 0.6) is 0 Å². The maximum absolute atomic E-state index is 15.4. The van der Waals surface area contributed by atoms with E-state index >= 15 is 4.39 Å². The minimum absolute atomic E-state index is 0.129. The van der Waals surface area contributed by atoms with Crippen LogP contribution in [0.15, 0.2) is 60.1 Å². The zero-order valence-electron chi connectivity index (χ0n) is 20.1. The number of primary amides is 1. The van der Waals surface area contributed by atoms with Crippen molar-refractivity contribution in [2.24, 2.45) is 5.73 Å². The van der Waals surface area contributed by atoms with Crippen molar-refractivity contribution < 1.29 is 23.2 Å². The van der Waals surface area contributed by atoms with E-state index in [0.29, 0.717) is 21.3 Å². The largest absolute Gasteiger partial charge is 0.366 e. The van der Waals surface area contributed by atoms with Gasteiger partial charge in [0.2, 0.25) is 5.91 Å². The minimum Gasteiger partial charge on any atom is -0.366 e. The quantitative estimate of drug-likeness (QED) is 0.384. The SMILES string of the molecule is Cc1ccccc1-c1cccc(CC(=O)[C@@H]2C[C@@H](F)CN2C(=O)Cn2cc(C(N)=O)c3sccc32)c1F. The predicted molar refractivity (Wildman–Crippen MR) is 139 cm³/mol. The van der Waals surface area contributed by atoms with E-state index in [0.717, 1.165) is 11.1 Å². The van der Waals surface area contributed by atoms with Crippen LogP contribution < -0.4 is 5.73 Å². The molecule has 1 aliphatic heterocycles. The number of likely N-dealkylation sites (tertiary alicyclic amines) is 1. The van der Waals surface area contributed by atoms with E-state index in [4.69, 9.17) is 5.73 Å². The maximum atomic E-state index is 15.4. The summed E-state index contributed by atoms with van der Waals surface area (Å²) in [5.41, 5.74) is 8.67. The minimum atomic E-state index is -1.35. The van der Waals surface area contributed by atoms with Gasteiger partial charge < -0.3 is 15.2 Å².